The van der Waals surface area contributed by atoms with Crippen molar-refractivity contribution >= 4 is 11.6 Å². The van der Waals surface area contributed by atoms with Crippen LogP contribution in [0.3, 0.4) is 0 Å². The lowest BCUT2D eigenvalue weighted by molar-refractivity contribution is 0.331. The molecule has 1 saturated heterocycles. The molecule has 2 aromatic rings. The third-order valence-electron chi connectivity index (χ3n) is 5.29. The molecule has 4 nitrogen and oxygen atoms in total. The van der Waals surface area contributed by atoms with E-state index in [2.05, 4.69) is 27.3 Å². The van der Waals surface area contributed by atoms with Crippen molar-refractivity contribution in [2.45, 2.75) is 30.8 Å². The largest absolute Gasteiger partial charge is 0.326 e. The van der Waals surface area contributed by atoms with Gasteiger partial charge in [-0.3, -0.25) is 4.98 Å². The highest BCUT2D eigenvalue weighted by atomic mass is 35.5. The minimum atomic E-state index is 0.374. The molecular weight excluding hydrogens is 332 g/mol. The number of likely N-dealkylation sites (tertiary alicyclic amines) is 1. The molecule has 4 rings (SSSR count). The van der Waals surface area contributed by atoms with Crippen LogP contribution in [0.1, 0.15) is 24.3 Å². The third kappa shape index (κ3) is 4.21. The van der Waals surface area contributed by atoms with Gasteiger partial charge in [-0.1, -0.05) is 29.8 Å². The number of hydrogen-bond donors (Lipinski definition) is 2. The van der Waals surface area contributed by atoms with Gasteiger partial charge in [-0.15, -0.1) is 0 Å². The smallest absolute Gasteiger partial charge is 0.0702 e. The standard InChI is InChI=1S/C20H25ClN4/c21-16-4-1-14(2-5-16)19-6-3-15(12-24-19)18-11-20(18)23-8-10-25-9-7-17(22)13-25/h1-6,12,17-18,20,23H,7-11,13,22H2/t17?,18-,20+/m0/s1. The predicted molar refractivity (Wildman–Crippen MR) is 103 cm³/mol. The van der Waals surface area contributed by atoms with Crippen LogP contribution in [-0.4, -0.2) is 48.1 Å². The van der Waals surface area contributed by atoms with Crippen molar-refractivity contribution in [3.05, 3.63) is 53.2 Å². The molecule has 1 aromatic carbocycles. The topological polar surface area (TPSA) is 54.2 Å². The summed E-state index contributed by atoms with van der Waals surface area (Å²) in [6.07, 6.45) is 4.37. The zero-order valence-electron chi connectivity index (χ0n) is 14.4. The molecule has 0 radical (unpaired) electrons. The second-order valence-electron chi connectivity index (χ2n) is 7.24. The predicted octanol–water partition coefficient (Wildman–Crippen LogP) is 2.88. The van der Waals surface area contributed by atoms with Gasteiger partial charge in [0.2, 0.25) is 0 Å². The molecule has 2 fully saturated rings. The Morgan fingerprint density at radius 1 is 1.20 bits per heavy atom. The summed E-state index contributed by atoms with van der Waals surface area (Å²) < 4.78 is 0. The summed E-state index contributed by atoms with van der Waals surface area (Å²) in [5.74, 6) is 0.604. The average molecular weight is 357 g/mol. The van der Waals surface area contributed by atoms with Crippen LogP contribution in [0, 0.1) is 0 Å². The highest BCUT2D eigenvalue weighted by Gasteiger charge is 2.38. The SMILES string of the molecule is NC1CCN(CCN[C@@H]2C[C@H]2c2ccc(-c3ccc(Cl)cc3)nc2)C1. The fourth-order valence-corrected chi connectivity index (χ4v) is 3.80. The zero-order valence-corrected chi connectivity index (χ0v) is 15.1. The maximum absolute atomic E-state index is 5.95. The van der Waals surface area contributed by atoms with Gasteiger partial charge >= 0.3 is 0 Å². The van der Waals surface area contributed by atoms with Gasteiger partial charge < -0.3 is 16.0 Å². The van der Waals surface area contributed by atoms with Gasteiger partial charge in [-0.25, -0.2) is 0 Å². The van der Waals surface area contributed by atoms with Crippen molar-refractivity contribution in [3.8, 4) is 11.3 Å². The Hall–Kier alpha value is -1.46. The van der Waals surface area contributed by atoms with Crippen molar-refractivity contribution < 1.29 is 0 Å². The highest BCUT2D eigenvalue weighted by molar-refractivity contribution is 6.30. The molecule has 2 heterocycles. The van der Waals surface area contributed by atoms with Gasteiger partial charge in [0.25, 0.3) is 0 Å². The number of nitrogens with zero attached hydrogens (tertiary/aromatic N) is 2. The molecular formula is C20H25ClN4. The molecule has 0 bridgehead atoms. The number of halogens is 1. The fourth-order valence-electron chi connectivity index (χ4n) is 3.68. The molecule has 25 heavy (non-hydrogen) atoms. The van der Waals surface area contributed by atoms with Crippen molar-refractivity contribution in [3.63, 3.8) is 0 Å². The molecule has 3 atom stereocenters. The zero-order chi connectivity index (χ0) is 17.2. The number of rotatable bonds is 6. The van der Waals surface area contributed by atoms with Crippen LogP contribution in [0.4, 0.5) is 0 Å². The average Bonchev–Trinajstić information content (AvgIpc) is 3.28. The van der Waals surface area contributed by atoms with Crippen LogP contribution in [0.5, 0.6) is 0 Å². The second kappa shape index (κ2) is 7.42. The van der Waals surface area contributed by atoms with Crippen LogP contribution in [0.15, 0.2) is 42.6 Å². The Morgan fingerprint density at radius 3 is 2.72 bits per heavy atom. The van der Waals surface area contributed by atoms with Gasteiger partial charge in [0, 0.05) is 54.4 Å². The van der Waals surface area contributed by atoms with Crippen LogP contribution in [0.25, 0.3) is 11.3 Å². The first-order valence-electron chi connectivity index (χ1n) is 9.12. The lowest BCUT2D eigenvalue weighted by Gasteiger charge is -2.15. The molecule has 1 unspecified atom stereocenters. The minimum Gasteiger partial charge on any atom is -0.326 e. The molecule has 1 aliphatic heterocycles. The van der Waals surface area contributed by atoms with E-state index >= 15 is 0 Å². The van der Waals surface area contributed by atoms with Crippen molar-refractivity contribution in [2.75, 3.05) is 26.2 Å². The Balaban J connectivity index is 1.26. The Morgan fingerprint density at radius 2 is 2.04 bits per heavy atom. The lowest BCUT2D eigenvalue weighted by atomic mass is 10.1. The molecule has 0 amide bonds. The van der Waals surface area contributed by atoms with Gasteiger partial charge in [-0.2, -0.15) is 0 Å². The van der Waals surface area contributed by atoms with E-state index in [1.165, 1.54) is 12.0 Å². The molecule has 1 aromatic heterocycles. The fraction of sp³-hybridized carbons (Fsp3) is 0.450. The lowest BCUT2D eigenvalue weighted by Crippen LogP contribution is -2.33. The van der Waals surface area contributed by atoms with Gasteiger partial charge in [0.1, 0.15) is 0 Å². The summed E-state index contributed by atoms with van der Waals surface area (Å²) in [6.45, 7) is 4.34. The molecule has 132 valence electrons. The van der Waals surface area contributed by atoms with Gasteiger partial charge in [0.15, 0.2) is 0 Å². The van der Waals surface area contributed by atoms with E-state index in [1.807, 2.05) is 30.5 Å². The van der Waals surface area contributed by atoms with E-state index < -0.39 is 0 Å². The quantitative estimate of drug-likeness (QED) is 0.835. The Bertz CT molecular complexity index is 701. The molecule has 5 heteroatoms. The third-order valence-corrected chi connectivity index (χ3v) is 5.54. The van der Waals surface area contributed by atoms with Crippen LogP contribution in [0.2, 0.25) is 5.02 Å². The Labute approximate surface area is 154 Å². The molecule has 0 spiro atoms. The first-order chi connectivity index (χ1) is 12.2. The summed E-state index contributed by atoms with van der Waals surface area (Å²) in [5.41, 5.74) is 9.38. The Kier molecular flexibility index (Phi) is 5.04. The minimum absolute atomic E-state index is 0.374. The molecule has 2 aliphatic rings. The van der Waals surface area contributed by atoms with Crippen molar-refractivity contribution in [1.82, 2.24) is 15.2 Å². The summed E-state index contributed by atoms with van der Waals surface area (Å²) in [7, 11) is 0. The van der Waals surface area contributed by atoms with E-state index in [0.717, 1.165) is 48.9 Å². The number of pyridine rings is 1. The van der Waals surface area contributed by atoms with E-state index in [4.69, 9.17) is 17.3 Å². The molecule has 1 aliphatic carbocycles. The van der Waals surface area contributed by atoms with Crippen molar-refractivity contribution in [1.29, 1.82) is 0 Å². The van der Waals surface area contributed by atoms with E-state index in [1.54, 1.807) is 0 Å². The van der Waals surface area contributed by atoms with Crippen molar-refractivity contribution in [2.24, 2.45) is 5.73 Å². The van der Waals surface area contributed by atoms with E-state index in [-0.39, 0.29) is 0 Å². The highest BCUT2D eigenvalue weighted by Crippen LogP contribution is 2.40. The maximum Gasteiger partial charge on any atom is 0.0702 e. The van der Waals surface area contributed by atoms with E-state index in [9.17, 15) is 0 Å². The first kappa shape index (κ1) is 17.0. The number of nitrogens with one attached hydrogen (secondary N) is 1. The molecule has 3 N–H and O–H groups in total. The maximum atomic E-state index is 5.95. The summed E-state index contributed by atoms with van der Waals surface area (Å²) in [6, 6.07) is 13.1. The van der Waals surface area contributed by atoms with Gasteiger partial charge in [0.05, 0.1) is 5.69 Å². The number of hydrogen-bond acceptors (Lipinski definition) is 4. The first-order valence-corrected chi connectivity index (χ1v) is 9.50. The second-order valence-corrected chi connectivity index (χ2v) is 7.67. The molecule has 1 saturated carbocycles. The van der Waals surface area contributed by atoms with Crippen LogP contribution < -0.4 is 11.1 Å². The van der Waals surface area contributed by atoms with E-state index in [0.29, 0.717) is 18.0 Å². The van der Waals surface area contributed by atoms with Crippen LogP contribution >= 0.6 is 11.6 Å². The summed E-state index contributed by atoms with van der Waals surface area (Å²) in [4.78, 5) is 7.09. The number of nitrogens with two attached hydrogens (primary N) is 1. The number of aromatic nitrogens is 1. The summed E-state index contributed by atoms with van der Waals surface area (Å²) >= 11 is 5.94. The number of benzene rings is 1. The van der Waals surface area contributed by atoms with Gasteiger partial charge in [-0.05, 0) is 43.1 Å². The monoisotopic (exact) mass is 356 g/mol. The van der Waals surface area contributed by atoms with Crippen LogP contribution in [-0.2, 0) is 0 Å². The normalized spacial score (nSPS) is 26.1. The summed E-state index contributed by atoms with van der Waals surface area (Å²) in [5, 5.41) is 4.43.